The Bertz CT molecular complexity index is 1660. The zero-order valence-corrected chi connectivity index (χ0v) is 36.5. The molecule has 4 aliphatic carbocycles. The molecule has 1 aromatic carbocycles. The molecular weight excluding hydrogens is 795 g/mol. The molecule has 0 saturated heterocycles. The van der Waals surface area contributed by atoms with E-state index in [1.54, 1.807) is 19.2 Å². The predicted octanol–water partition coefficient (Wildman–Crippen LogP) is 9.26. The molecule has 6 rings (SSSR count). The lowest BCUT2D eigenvalue weighted by molar-refractivity contribution is -0.159. The SMILES string of the molecule is COC(C)CCOC(=O)C(C#N)=C1Sc2c(OC(=O)C3CCC(OC(=O)C4CCC(C)CC4)CC3)ccc(OC(=O)C3CCC(OC(=O)C4CCC(C)CC4)CC3)c2S1. The van der Waals surface area contributed by atoms with E-state index in [-0.39, 0.29) is 65.8 Å². The number of methoxy groups -OCH3 is 1. The number of benzene rings is 1. The summed E-state index contributed by atoms with van der Waals surface area (Å²) in [5.41, 5.74) is -0.206. The summed E-state index contributed by atoms with van der Waals surface area (Å²) < 4.78 is 34.7. The first kappa shape index (κ1) is 45.0. The molecule has 14 heteroatoms. The zero-order valence-electron chi connectivity index (χ0n) is 34.8. The maximum Gasteiger partial charge on any atom is 0.350 e. The lowest BCUT2D eigenvalue weighted by Gasteiger charge is -2.30. The van der Waals surface area contributed by atoms with Crippen molar-refractivity contribution < 1.29 is 52.4 Å². The molecule has 4 saturated carbocycles. The van der Waals surface area contributed by atoms with Gasteiger partial charge in [0.25, 0.3) is 0 Å². The van der Waals surface area contributed by atoms with Crippen LogP contribution in [0.5, 0.6) is 11.5 Å². The smallest absolute Gasteiger partial charge is 0.350 e. The summed E-state index contributed by atoms with van der Waals surface area (Å²) in [6, 6.07) is 5.13. The maximum atomic E-state index is 13.6. The van der Waals surface area contributed by atoms with Gasteiger partial charge in [-0.05, 0) is 134 Å². The van der Waals surface area contributed by atoms with Gasteiger partial charge in [0, 0.05) is 13.5 Å². The monoisotopic (exact) mass is 853 g/mol. The highest BCUT2D eigenvalue weighted by Crippen LogP contribution is 2.59. The van der Waals surface area contributed by atoms with Crippen LogP contribution in [0.1, 0.15) is 130 Å². The average molecular weight is 854 g/mol. The van der Waals surface area contributed by atoms with Crippen LogP contribution in [0.3, 0.4) is 0 Å². The number of nitrogens with zero attached hydrogens (tertiary/aromatic N) is 1. The number of rotatable bonds is 13. The fraction of sp³-hybridized carbons (Fsp3) is 0.689. The van der Waals surface area contributed by atoms with Crippen LogP contribution < -0.4 is 9.47 Å². The second kappa shape index (κ2) is 21.3. The summed E-state index contributed by atoms with van der Waals surface area (Å²) in [6.45, 7) is 6.34. The highest BCUT2D eigenvalue weighted by molar-refractivity contribution is 8.24. The minimum atomic E-state index is -0.790. The lowest BCUT2D eigenvalue weighted by atomic mass is 9.83. The third-order valence-corrected chi connectivity index (χ3v) is 15.4. The summed E-state index contributed by atoms with van der Waals surface area (Å²) in [5, 5.41) is 10.1. The molecule has 0 spiro atoms. The largest absolute Gasteiger partial charge is 0.462 e. The highest BCUT2D eigenvalue weighted by atomic mass is 32.2. The number of esters is 5. The van der Waals surface area contributed by atoms with Crippen molar-refractivity contribution in [3.05, 3.63) is 21.9 Å². The third kappa shape index (κ3) is 12.1. The molecule has 322 valence electrons. The second-order valence-electron chi connectivity index (χ2n) is 17.2. The van der Waals surface area contributed by atoms with E-state index < -0.39 is 29.7 Å². The predicted molar refractivity (Wildman–Crippen MR) is 220 cm³/mol. The Labute approximate surface area is 356 Å². The molecule has 0 N–H and O–H groups in total. The normalized spacial score (nSPS) is 28.6. The molecule has 0 aromatic heterocycles. The molecule has 1 unspecified atom stereocenters. The van der Waals surface area contributed by atoms with Gasteiger partial charge in [-0.25, -0.2) is 4.79 Å². The van der Waals surface area contributed by atoms with Crippen molar-refractivity contribution in [1.82, 2.24) is 0 Å². The van der Waals surface area contributed by atoms with E-state index in [1.165, 1.54) is 0 Å². The van der Waals surface area contributed by atoms with E-state index in [0.717, 1.165) is 74.9 Å². The minimum absolute atomic E-state index is 0.0446. The molecule has 4 fully saturated rings. The van der Waals surface area contributed by atoms with Crippen LogP contribution in [-0.4, -0.2) is 61.9 Å². The number of carbonyl (C=O) groups is 5. The van der Waals surface area contributed by atoms with E-state index in [9.17, 15) is 29.2 Å². The van der Waals surface area contributed by atoms with Gasteiger partial charge in [0.2, 0.25) is 0 Å². The van der Waals surface area contributed by atoms with Gasteiger partial charge in [-0.3, -0.25) is 19.2 Å². The Balaban J connectivity index is 1.10. The van der Waals surface area contributed by atoms with Crippen molar-refractivity contribution in [3.63, 3.8) is 0 Å². The van der Waals surface area contributed by atoms with E-state index in [4.69, 9.17) is 28.4 Å². The first-order chi connectivity index (χ1) is 28.4. The number of ether oxygens (including phenoxy) is 6. The number of hydrogen-bond donors (Lipinski definition) is 0. The van der Waals surface area contributed by atoms with Crippen molar-refractivity contribution >= 4 is 53.4 Å². The lowest BCUT2D eigenvalue weighted by Crippen LogP contribution is -2.32. The standard InChI is InChI=1S/C45H59NO11S2/c1-26-5-9-29(10-6-26)40(47)54-33-17-13-31(14-18-33)42(49)56-36-21-22-37(39-38(36)58-45(59-39)35(25-46)44(51)53-24-23-28(3)52-4)57-43(50)32-15-19-34(20-16-32)55-41(48)30-11-7-27(2)8-12-30/h21-22,26-34H,5-20,23-24H2,1-4H3. The maximum absolute atomic E-state index is 13.6. The van der Waals surface area contributed by atoms with Gasteiger partial charge in [-0.15, -0.1) is 0 Å². The fourth-order valence-electron chi connectivity index (χ4n) is 8.60. The van der Waals surface area contributed by atoms with Gasteiger partial charge in [0.05, 0.1) is 50.4 Å². The van der Waals surface area contributed by atoms with Crippen molar-refractivity contribution in [2.75, 3.05) is 13.7 Å². The average Bonchev–Trinajstić information content (AvgIpc) is 3.68. The van der Waals surface area contributed by atoms with Gasteiger partial charge in [-0.2, -0.15) is 5.26 Å². The molecule has 0 amide bonds. The molecule has 5 aliphatic rings. The molecule has 0 bridgehead atoms. The number of fused-ring (bicyclic) bond motifs is 1. The van der Waals surface area contributed by atoms with Crippen LogP contribution in [-0.2, 0) is 42.9 Å². The van der Waals surface area contributed by atoms with E-state index in [1.807, 2.05) is 13.0 Å². The summed E-state index contributed by atoms with van der Waals surface area (Å²) in [6.07, 6.45) is 11.8. The Kier molecular flexibility index (Phi) is 16.3. The second-order valence-corrected chi connectivity index (χ2v) is 19.5. The van der Waals surface area contributed by atoms with Crippen LogP contribution in [0.25, 0.3) is 0 Å². The van der Waals surface area contributed by atoms with Crippen LogP contribution in [0.15, 0.2) is 31.7 Å². The third-order valence-electron chi connectivity index (χ3n) is 12.8. The fourth-order valence-corrected chi connectivity index (χ4v) is 11.2. The quantitative estimate of drug-likeness (QED) is 0.0606. The summed E-state index contributed by atoms with van der Waals surface area (Å²) in [5.74, 6) is -1.03. The summed E-state index contributed by atoms with van der Waals surface area (Å²) in [7, 11) is 1.56. The van der Waals surface area contributed by atoms with Crippen molar-refractivity contribution in [1.29, 1.82) is 5.26 Å². The molecule has 59 heavy (non-hydrogen) atoms. The van der Waals surface area contributed by atoms with E-state index in [2.05, 4.69) is 13.8 Å². The first-order valence-corrected chi connectivity index (χ1v) is 23.3. The summed E-state index contributed by atoms with van der Waals surface area (Å²) >= 11 is 2.18. The Morgan fingerprint density at radius 2 is 1.03 bits per heavy atom. The topological polar surface area (TPSA) is 165 Å². The molecule has 1 aliphatic heterocycles. The Morgan fingerprint density at radius 3 is 1.42 bits per heavy atom. The van der Waals surface area contributed by atoms with Crippen molar-refractivity contribution in [3.8, 4) is 17.6 Å². The Morgan fingerprint density at radius 1 is 0.644 bits per heavy atom. The van der Waals surface area contributed by atoms with Crippen LogP contribution >= 0.6 is 23.5 Å². The molecule has 12 nitrogen and oxygen atoms in total. The number of carbonyl (C=O) groups excluding carboxylic acids is 5. The van der Waals surface area contributed by atoms with Crippen molar-refractivity contribution in [2.45, 2.75) is 158 Å². The van der Waals surface area contributed by atoms with Crippen LogP contribution in [0, 0.1) is 46.8 Å². The van der Waals surface area contributed by atoms with Crippen molar-refractivity contribution in [2.24, 2.45) is 35.5 Å². The summed E-state index contributed by atoms with van der Waals surface area (Å²) in [4.78, 5) is 66.9. The number of hydrogen-bond acceptors (Lipinski definition) is 14. The minimum Gasteiger partial charge on any atom is -0.462 e. The zero-order chi connectivity index (χ0) is 42.1. The van der Waals surface area contributed by atoms with E-state index >= 15 is 0 Å². The van der Waals surface area contributed by atoms with Gasteiger partial charge in [-0.1, -0.05) is 37.4 Å². The Hall–Kier alpha value is -3.54. The van der Waals surface area contributed by atoms with E-state index in [0.29, 0.717) is 83.7 Å². The van der Waals surface area contributed by atoms with Gasteiger partial charge < -0.3 is 28.4 Å². The van der Waals surface area contributed by atoms with Gasteiger partial charge in [0.1, 0.15) is 29.8 Å². The van der Waals surface area contributed by atoms with Gasteiger partial charge in [0.15, 0.2) is 5.57 Å². The molecule has 0 radical (unpaired) electrons. The molecule has 1 aromatic rings. The van der Waals surface area contributed by atoms with Gasteiger partial charge >= 0.3 is 29.8 Å². The molecule has 1 heterocycles. The molecule has 1 atom stereocenters. The van der Waals surface area contributed by atoms with Crippen LogP contribution in [0.2, 0.25) is 0 Å². The number of thioether (sulfide) groups is 2. The first-order valence-electron chi connectivity index (χ1n) is 21.6. The molecular formula is C45H59NO11S2. The van der Waals surface area contributed by atoms with Crippen LogP contribution in [0.4, 0.5) is 0 Å². The number of nitriles is 1. The highest BCUT2D eigenvalue weighted by Gasteiger charge is 2.37.